The van der Waals surface area contributed by atoms with Gasteiger partial charge in [0.25, 0.3) is 0 Å². The highest BCUT2D eigenvalue weighted by molar-refractivity contribution is 6.33. The second kappa shape index (κ2) is 5.96. The highest BCUT2D eigenvalue weighted by atomic mass is 35.5. The van der Waals surface area contributed by atoms with Crippen molar-refractivity contribution in [1.29, 1.82) is 0 Å². The van der Waals surface area contributed by atoms with Crippen LogP contribution in [-0.4, -0.2) is 23.9 Å². The summed E-state index contributed by atoms with van der Waals surface area (Å²) < 4.78 is 0. The van der Waals surface area contributed by atoms with Gasteiger partial charge in [-0.05, 0) is 30.9 Å². The number of hydrazone groups is 1. The fourth-order valence-corrected chi connectivity index (χ4v) is 2.32. The molecule has 4 nitrogen and oxygen atoms in total. The summed E-state index contributed by atoms with van der Waals surface area (Å²) >= 11 is 6.03. The Balaban J connectivity index is 1.98. The number of nitrogens with two attached hydrogens (primary N) is 1. The molecule has 1 unspecified atom stereocenters. The number of piperidine rings is 1. The molecule has 0 aliphatic carbocycles. The molecule has 0 spiro atoms. The molecule has 1 aliphatic rings. The maximum Gasteiger partial charge on any atom is 0.214 e. The van der Waals surface area contributed by atoms with Crippen LogP contribution in [0.2, 0.25) is 5.02 Å². The summed E-state index contributed by atoms with van der Waals surface area (Å²) in [7, 11) is 0. The van der Waals surface area contributed by atoms with Crippen molar-refractivity contribution in [2.24, 2.45) is 16.8 Å². The number of nitrogens with one attached hydrogen (secondary N) is 1. The van der Waals surface area contributed by atoms with Crippen molar-refractivity contribution in [1.82, 2.24) is 4.90 Å². The molecule has 5 heteroatoms. The molecule has 0 radical (unpaired) electrons. The molecule has 1 atom stereocenters. The van der Waals surface area contributed by atoms with Gasteiger partial charge in [0.2, 0.25) is 5.96 Å². The number of guanidine groups is 1. The van der Waals surface area contributed by atoms with E-state index in [0.717, 1.165) is 18.8 Å². The van der Waals surface area contributed by atoms with E-state index in [-0.39, 0.29) is 0 Å². The average Bonchev–Trinajstić information content (AvgIpc) is 2.37. The first kappa shape index (κ1) is 13.0. The third kappa shape index (κ3) is 3.29. The summed E-state index contributed by atoms with van der Waals surface area (Å²) in [5.41, 5.74) is 9.66. The predicted octanol–water partition coefficient (Wildman–Crippen LogP) is 2.71. The van der Waals surface area contributed by atoms with Crippen LogP contribution in [0.3, 0.4) is 0 Å². The second-order valence-electron chi connectivity index (χ2n) is 4.76. The van der Waals surface area contributed by atoms with Crippen molar-refractivity contribution in [2.45, 2.75) is 19.8 Å². The van der Waals surface area contributed by atoms with Gasteiger partial charge in [-0.2, -0.15) is 0 Å². The monoisotopic (exact) mass is 266 g/mol. The molecule has 1 saturated heterocycles. The number of rotatable bonds is 2. The smallest absolute Gasteiger partial charge is 0.214 e. The van der Waals surface area contributed by atoms with E-state index in [9.17, 15) is 0 Å². The van der Waals surface area contributed by atoms with Gasteiger partial charge >= 0.3 is 0 Å². The van der Waals surface area contributed by atoms with Crippen LogP contribution in [0.4, 0.5) is 5.69 Å². The van der Waals surface area contributed by atoms with Gasteiger partial charge in [0, 0.05) is 13.1 Å². The third-order valence-electron chi connectivity index (χ3n) is 3.15. The molecule has 1 heterocycles. The maximum absolute atomic E-state index is 6.03. The lowest BCUT2D eigenvalue weighted by atomic mass is 10.0. The summed E-state index contributed by atoms with van der Waals surface area (Å²) in [5.74, 6) is 1.20. The van der Waals surface area contributed by atoms with Gasteiger partial charge < -0.3 is 10.6 Å². The van der Waals surface area contributed by atoms with Gasteiger partial charge in [-0.1, -0.05) is 30.7 Å². The topological polar surface area (TPSA) is 53.6 Å². The number of nitrogens with zero attached hydrogens (tertiary/aromatic N) is 2. The fraction of sp³-hybridized carbons (Fsp3) is 0.462. The SMILES string of the molecule is CC1CCCN(/C(N)=N/Nc2ccccc2Cl)C1. The Labute approximate surface area is 113 Å². The van der Waals surface area contributed by atoms with E-state index in [0.29, 0.717) is 16.9 Å². The van der Waals surface area contributed by atoms with Crippen LogP contribution >= 0.6 is 11.6 Å². The van der Waals surface area contributed by atoms with E-state index < -0.39 is 0 Å². The van der Waals surface area contributed by atoms with E-state index in [1.54, 1.807) is 0 Å². The number of halogens is 1. The molecule has 98 valence electrons. The third-order valence-corrected chi connectivity index (χ3v) is 3.48. The Kier molecular flexibility index (Phi) is 4.31. The van der Waals surface area contributed by atoms with E-state index in [4.69, 9.17) is 17.3 Å². The van der Waals surface area contributed by atoms with Gasteiger partial charge in [-0.25, -0.2) is 0 Å². The van der Waals surface area contributed by atoms with Crippen molar-refractivity contribution >= 4 is 23.2 Å². The van der Waals surface area contributed by atoms with Crippen molar-refractivity contribution in [3.8, 4) is 0 Å². The molecule has 1 aromatic carbocycles. The first-order chi connectivity index (χ1) is 8.66. The quantitative estimate of drug-likeness (QED) is 0.492. The normalized spacial score (nSPS) is 20.9. The predicted molar refractivity (Wildman–Crippen MR) is 76.7 cm³/mol. The zero-order valence-electron chi connectivity index (χ0n) is 10.6. The minimum absolute atomic E-state index is 0.529. The highest BCUT2D eigenvalue weighted by Gasteiger charge is 2.17. The standard InChI is InChI=1S/C13H19ClN4/c1-10-5-4-8-18(9-10)13(15)17-16-12-7-3-2-6-11(12)14/h2-3,6-7,10,16H,4-5,8-9H2,1H3,(H2,15,17). The molecule has 1 aliphatic heterocycles. The Morgan fingerprint density at radius 3 is 3.00 bits per heavy atom. The molecule has 18 heavy (non-hydrogen) atoms. The molecule has 0 saturated carbocycles. The Morgan fingerprint density at radius 2 is 2.28 bits per heavy atom. The van der Waals surface area contributed by atoms with E-state index in [1.165, 1.54) is 12.8 Å². The van der Waals surface area contributed by atoms with E-state index in [2.05, 4.69) is 22.4 Å². The molecule has 0 amide bonds. The van der Waals surface area contributed by atoms with E-state index >= 15 is 0 Å². The molecule has 0 aromatic heterocycles. The first-order valence-corrected chi connectivity index (χ1v) is 6.63. The van der Waals surface area contributed by atoms with Crippen LogP contribution in [-0.2, 0) is 0 Å². The molecule has 3 N–H and O–H groups in total. The van der Waals surface area contributed by atoms with Crippen LogP contribution in [0.1, 0.15) is 19.8 Å². The van der Waals surface area contributed by atoms with Crippen molar-refractivity contribution in [2.75, 3.05) is 18.5 Å². The molecular weight excluding hydrogens is 248 g/mol. The maximum atomic E-state index is 6.03. The Morgan fingerprint density at radius 1 is 1.50 bits per heavy atom. The van der Waals surface area contributed by atoms with Crippen LogP contribution in [0.15, 0.2) is 29.4 Å². The molecule has 0 bridgehead atoms. The Hall–Kier alpha value is -1.42. The lowest BCUT2D eigenvalue weighted by Crippen LogP contribution is -2.43. The first-order valence-electron chi connectivity index (χ1n) is 6.25. The van der Waals surface area contributed by atoms with Crippen LogP contribution in [0, 0.1) is 5.92 Å². The van der Waals surface area contributed by atoms with Gasteiger partial charge in [-0.3, -0.25) is 5.43 Å². The number of benzene rings is 1. The van der Waals surface area contributed by atoms with Crippen molar-refractivity contribution in [3.63, 3.8) is 0 Å². The van der Waals surface area contributed by atoms with Gasteiger partial charge in [-0.15, -0.1) is 5.10 Å². The minimum Gasteiger partial charge on any atom is -0.368 e. The Bertz CT molecular complexity index is 433. The van der Waals surface area contributed by atoms with Crippen molar-refractivity contribution < 1.29 is 0 Å². The van der Waals surface area contributed by atoms with Crippen LogP contribution < -0.4 is 11.2 Å². The molecular formula is C13H19ClN4. The average molecular weight is 267 g/mol. The molecule has 1 fully saturated rings. The van der Waals surface area contributed by atoms with Gasteiger partial charge in [0.1, 0.15) is 0 Å². The summed E-state index contributed by atoms with van der Waals surface area (Å²) in [6, 6.07) is 7.48. The fourth-order valence-electron chi connectivity index (χ4n) is 2.14. The zero-order valence-corrected chi connectivity index (χ0v) is 11.3. The summed E-state index contributed by atoms with van der Waals surface area (Å²) in [6.07, 6.45) is 2.44. The molecule has 2 rings (SSSR count). The lowest BCUT2D eigenvalue weighted by Gasteiger charge is -2.31. The lowest BCUT2D eigenvalue weighted by molar-refractivity contribution is 0.270. The summed E-state index contributed by atoms with van der Waals surface area (Å²) in [5, 5.41) is 4.84. The van der Waals surface area contributed by atoms with E-state index in [1.807, 2.05) is 24.3 Å². The largest absolute Gasteiger partial charge is 0.368 e. The number of para-hydroxylation sites is 1. The van der Waals surface area contributed by atoms with Crippen LogP contribution in [0.5, 0.6) is 0 Å². The number of hydrogen-bond donors (Lipinski definition) is 2. The number of hydrogen-bond acceptors (Lipinski definition) is 2. The summed E-state index contributed by atoms with van der Waals surface area (Å²) in [6.45, 7) is 4.18. The highest BCUT2D eigenvalue weighted by Crippen LogP contribution is 2.20. The number of anilines is 1. The molecule has 1 aromatic rings. The van der Waals surface area contributed by atoms with Gasteiger partial charge in [0.05, 0.1) is 10.7 Å². The number of likely N-dealkylation sites (tertiary alicyclic amines) is 1. The van der Waals surface area contributed by atoms with Crippen molar-refractivity contribution in [3.05, 3.63) is 29.3 Å². The zero-order chi connectivity index (χ0) is 13.0. The minimum atomic E-state index is 0.529. The van der Waals surface area contributed by atoms with Crippen LogP contribution in [0.25, 0.3) is 0 Å². The second-order valence-corrected chi connectivity index (χ2v) is 5.16. The summed E-state index contributed by atoms with van der Waals surface area (Å²) in [4.78, 5) is 2.11. The van der Waals surface area contributed by atoms with Gasteiger partial charge in [0.15, 0.2) is 0 Å².